The van der Waals surface area contributed by atoms with Gasteiger partial charge in [0.25, 0.3) is 5.22 Å². The van der Waals surface area contributed by atoms with Gasteiger partial charge in [-0.05, 0) is 59.3 Å². The number of aryl methyl sites for hydroxylation is 1. The highest BCUT2D eigenvalue weighted by molar-refractivity contribution is 9.10. The lowest BCUT2D eigenvalue weighted by Crippen LogP contribution is -2.14. The number of rotatable bonds is 5. The van der Waals surface area contributed by atoms with Crippen LogP contribution in [0, 0.1) is 11.3 Å². The second-order valence-corrected chi connectivity index (χ2v) is 9.46. The van der Waals surface area contributed by atoms with Gasteiger partial charge < -0.3 is 9.73 Å². The van der Waals surface area contributed by atoms with E-state index in [0.29, 0.717) is 21.7 Å². The first-order chi connectivity index (χ1) is 14.2. The zero-order valence-corrected chi connectivity index (χ0v) is 18.6. The number of carbonyl (C=O) groups excluding carboxylic acids is 1. The smallest absolute Gasteiger partial charge is 0.277 e. The Bertz CT molecular complexity index is 1090. The Morgan fingerprint density at radius 3 is 2.93 bits per heavy atom. The molecule has 0 spiro atoms. The predicted molar refractivity (Wildman–Crippen MR) is 117 cm³/mol. The van der Waals surface area contributed by atoms with Crippen molar-refractivity contribution in [3.8, 4) is 17.5 Å². The number of aromatic nitrogens is 2. The number of carbonyl (C=O) groups is 1. The van der Waals surface area contributed by atoms with Crippen molar-refractivity contribution in [2.45, 2.75) is 37.3 Å². The van der Waals surface area contributed by atoms with Crippen LogP contribution >= 0.6 is 39.0 Å². The SMILES string of the molecule is N#Cc1c(NC(=O)CSc2nnc(-c3ccccc3Br)o2)sc2c1CCCCC2. The number of nitriles is 1. The summed E-state index contributed by atoms with van der Waals surface area (Å²) in [7, 11) is 0. The van der Waals surface area contributed by atoms with E-state index in [4.69, 9.17) is 4.42 Å². The molecule has 1 aliphatic rings. The monoisotopic (exact) mass is 488 g/mol. The van der Waals surface area contributed by atoms with Crippen LogP contribution in [-0.4, -0.2) is 21.9 Å². The number of hydrogen-bond donors (Lipinski definition) is 1. The lowest BCUT2D eigenvalue weighted by Gasteiger charge is -2.02. The van der Waals surface area contributed by atoms with Crippen molar-refractivity contribution >= 4 is 49.9 Å². The summed E-state index contributed by atoms with van der Waals surface area (Å²) < 4.78 is 6.52. The third-order valence-corrected chi connectivity index (χ3v) is 7.34. The first-order valence-corrected chi connectivity index (χ1v) is 11.8. The minimum atomic E-state index is -0.191. The number of halogens is 1. The number of hydrogen-bond acceptors (Lipinski definition) is 7. The molecule has 1 aromatic carbocycles. The molecule has 148 valence electrons. The van der Waals surface area contributed by atoms with Crippen molar-refractivity contribution in [1.82, 2.24) is 10.2 Å². The van der Waals surface area contributed by atoms with E-state index in [1.807, 2.05) is 24.3 Å². The highest BCUT2D eigenvalue weighted by Crippen LogP contribution is 2.37. The Kier molecular flexibility index (Phi) is 6.33. The minimum Gasteiger partial charge on any atom is -0.411 e. The number of anilines is 1. The van der Waals surface area contributed by atoms with Crippen molar-refractivity contribution in [3.63, 3.8) is 0 Å². The molecule has 1 aliphatic carbocycles. The normalized spacial score (nSPS) is 13.4. The van der Waals surface area contributed by atoms with Crippen LogP contribution in [0.2, 0.25) is 0 Å². The van der Waals surface area contributed by atoms with Gasteiger partial charge in [0.15, 0.2) is 0 Å². The van der Waals surface area contributed by atoms with Gasteiger partial charge in [-0.25, -0.2) is 0 Å². The molecule has 0 radical (unpaired) electrons. The maximum atomic E-state index is 12.4. The summed E-state index contributed by atoms with van der Waals surface area (Å²) in [5.74, 6) is 0.336. The van der Waals surface area contributed by atoms with Gasteiger partial charge in [0.05, 0.1) is 16.9 Å². The molecular weight excluding hydrogens is 472 g/mol. The van der Waals surface area contributed by atoms with Crippen molar-refractivity contribution in [3.05, 3.63) is 44.7 Å². The Morgan fingerprint density at radius 2 is 2.10 bits per heavy atom. The molecule has 1 N–H and O–H groups in total. The number of nitrogens with one attached hydrogen (secondary N) is 1. The first kappa shape index (κ1) is 20.1. The van der Waals surface area contributed by atoms with Crippen molar-refractivity contribution < 1.29 is 9.21 Å². The molecule has 2 heterocycles. The second-order valence-electron chi connectivity index (χ2n) is 6.57. The van der Waals surface area contributed by atoms with Crippen molar-refractivity contribution in [2.75, 3.05) is 11.1 Å². The van der Waals surface area contributed by atoms with Crippen LogP contribution in [0.5, 0.6) is 0 Å². The van der Waals surface area contributed by atoms with Gasteiger partial charge in [0.1, 0.15) is 11.1 Å². The van der Waals surface area contributed by atoms with Gasteiger partial charge in [0.2, 0.25) is 11.8 Å². The van der Waals surface area contributed by atoms with Gasteiger partial charge in [0, 0.05) is 9.35 Å². The van der Waals surface area contributed by atoms with Crippen LogP contribution in [0.15, 0.2) is 38.4 Å². The Labute approximate surface area is 184 Å². The summed E-state index contributed by atoms with van der Waals surface area (Å²) in [6.07, 6.45) is 5.33. The summed E-state index contributed by atoms with van der Waals surface area (Å²) in [5, 5.41) is 21.5. The largest absolute Gasteiger partial charge is 0.411 e. The van der Waals surface area contributed by atoms with E-state index < -0.39 is 0 Å². The van der Waals surface area contributed by atoms with E-state index in [-0.39, 0.29) is 11.7 Å². The van der Waals surface area contributed by atoms with E-state index in [2.05, 4.69) is 37.5 Å². The number of amides is 1. The molecule has 6 nitrogen and oxygen atoms in total. The number of nitrogens with zero attached hydrogens (tertiary/aromatic N) is 3. The Balaban J connectivity index is 1.40. The Hall–Kier alpha value is -2.15. The van der Waals surface area contributed by atoms with E-state index >= 15 is 0 Å². The molecule has 0 bridgehead atoms. The summed E-state index contributed by atoms with van der Waals surface area (Å²) in [6, 6.07) is 9.85. The van der Waals surface area contributed by atoms with Crippen LogP contribution in [-0.2, 0) is 17.6 Å². The van der Waals surface area contributed by atoms with Crippen LogP contribution in [0.3, 0.4) is 0 Å². The number of thiophene rings is 1. The van der Waals surface area contributed by atoms with E-state index in [0.717, 1.165) is 41.3 Å². The van der Waals surface area contributed by atoms with E-state index in [1.54, 1.807) is 0 Å². The van der Waals surface area contributed by atoms with Crippen molar-refractivity contribution in [1.29, 1.82) is 5.26 Å². The molecule has 2 aromatic heterocycles. The number of thioether (sulfide) groups is 1. The third-order valence-electron chi connectivity index (χ3n) is 4.62. The average Bonchev–Trinajstić information content (AvgIpc) is 3.24. The summed E-state index contributed by atoms with van der Waals surface area (Å²) in [6.45, 7) is 0. The summed E-state index contributed by atoms with van der Waals surface area (Å²) in [4.78, 5) is 13.7. The predicted octanol–water partition coefficient (Wildman–Crippen LogP) is 5.43. The second kappa shape index (κ2) is 9.11. The molecule has 29 heavy (non-hydrogen) atoms. The number of benzene rings is 1. The molecule has 0 saturated carbocycles. The molecule has 0 unspecified atom stereocenters. The summed E-state index contributed by atoms with van der Waals surface area (Å²) >= 11 is 6.17. The third kappa shape index (κ3) is 4.55. The minimum absolute atomic E-state index is 0.130. The van der Waals surface area contributed by atoms with Crippen LogP contribution in [0.1, 0.15) is 35.3 Å². The zero-order valence-electron chi connectivity index (χ0n) is 15.4. The molecule has 3 aromatic rings. The van der Waals surface area contributed by atoms with Crippen LogP contribution < -0.4 is 5.32 Å². The maximum absolute atomic E-state index is 12.4. The fraction of sp³-hybridized carbons (Fsp3) is 0.300. The van der Waals surface area contributed by atoms with E-state index in [1.165, 1.54) is 34.4 Å². The molecule has 1 amide bonds. The Morgan fingerprint density at radius 1 is 1.28 bits per heavy atom. The average molecular weight is 489 g/mol. The van der Waals surface area contributed by atoms with Gasteiger partial charge in [-0.2, -0.15) is 5.26 Å². The molecule has 0 saturated heterocycles. The quantitative estimate of drug-likeness (QED) is 0.380. The van der Waals surface area contributed by atoms with Crippen LogP contribution in [0.4, 0.5) is 5.00 Å². The highest BCUT2D eigenvalue weighted by Gasteiger charge is 2.21. The van der Waals surface area contributed by atoms with Gasteiger partial charge >= 0.3 is 0 Å². The van der Waals surface area contributed by atoms with Crippen LogP contribution in [0.25, 0.3) is 11.5 Å². The maximum Gasteiger partial charge on any atom is 0.277 e. The molecule has 9 heteroatoms. The van der Waals surface area contributed by atoms with Gasteiger partial charge in [-0.3, -0.25) is 4.79 Å². The fourth-order valence-corrected chi connectivity index (χ4v) is 5.52. The summed E-state index contributed by atoms with van der Waals surface area (Å²) in [5.41, 5.74) is 2.54. The molecule has 0 aliphatic heterocycles. The lowest BCUT2D eigenvalue weighted by molar-refractivity contribution is -0.113. The first-order valence-electron chi connectivity index (χ1n) is 9.21. The topological polar surface area (TPSA) is 91.8 Å². The molecule has 0 fully saturated rings. The van der Waals surface area contributed by atoms with Crippen molar-refractivity contribution in [2.24, 2.45) is 0 Å². The van der Waals surface area contributed by atoms with Gasteiger partial charge in [-0.1, -0.05) is 30.3 Å². The zero-order chi connectivity index (χ0) is 20.2. The molecular formula is C20H17BrN4O2S2. The van der Waals surface area contributed by atoms with Gasteiger partial charge in [-0.15, -0.1) is 21.5 Å². The fourth-order valence-electron chi connectivity index (χ4n) is 3.25. The molecule has 0 atom stereocenters. The lowest BCUT2D eigenvalue weighted by atomic mass is 10.1. The van der Waals surface area contributed by atoms with E-state index in [9.17, 15) is 10.1 Å². The molecule has 4 rings (SSSR count). The highest BCUT2D eigenvalue weighted by atomic mass is 79.9. The standard InChI is InChI=1S/C20H17BrN4O2S2/c21-15-8-5-4-7-13(15)18-24-25-20(27-18)28-11-17(26)23-19-14(10-22)12-6-2-1-3-9-16(12)29-19/h4-5,7-8H,1-3,6,9,11H2,(H,23,26). The number of fused-ring (bicyclic) bond motifs is 1.